The fourth-order valence-corrected chi connectivity index (χ4v) is 1.80. The fraction of sp³-hybridized carbons (Fsp3) is 0.286. The van der Waals surface area contributed by atoms with Gasteiger partial charge in [-0.3, -0.25) is 5.32 Å². The predicted octanol–water partition coefficient (Wildman–Crippen LogP) is 3.80. The lowest BCUT2D eigenvalue weighted by molar-refractivity contribution is -0.0999. The average molecular weight is 285 g/mol. The highest BCUT2D eigenvalue weighted by molar-refractivity contribution is 5.87. The van der Waals surface area contributed by atoms with Crippen molar-refractivity contribution >= 4 is 16.5 Å². The molecule has 0 unspecified atom stereocenters. The number of nitrogens with one attached hydrogen (secondary N) is 1. The van der Waals surface area contributed by atoms with E-state index in [0.29, 0.717) is 24.3 Å². The zero-order valence-corrected chi connectivity index (χ0v) is 10.8. The summed E-state index contributed by atoms with van der Waals surface area (Å²) in [7, 11) is 1.58. The van der Waals surface area contributed by atoms with Gasteiger partial charge in [0.1, 0.15) is 12.4 Å². The van der Waals surface area contributed by atoms with E-state index in [4.69, 9.17) is 9.47 Å². The largest absolute Gasteiger partial charge is 0.491 e. The Morgan fingerprint density at radius 2 is 1.70 bits per heavy atom. The Morgan fingerprint density at radius 3 is 2.40 bits per heavy atom. The Labute approximate surface area is 114 Å². The van der Waals surface area contributed by atoms with Crippen LogP contribution in [0.4, 0.5) is 18.9 Å². The second-order valence-electron chi connectivity index (χ2n) is 4.19. The molecule has 0 aromatic heterocycles. The molecule has 0 heterocycles. The minimum absolute atomic E-state index is 0.0121. The number of anilines is 1. The van der Waals surface area contributed by atoms with Crippen LogP contribution >= 0.6 is 0 Å². The molecule has 2 aromatic rings. The van der Waals surface area contributed by atoms with Crippen molar-refractivity contribution < 1.29 is 22.6 Å². The number of hydrogen-bond acceptors (Lipinski definition) is 3. The van der Waals surface area contributed by atoms with Gasteiger partial charge in [0, 0.05) is 12.8 Å². The molecule has 108 valence electrons. The third-order valence-corrected chi connectivity index (χ3v) is 2.65. The first kappa shape index (κ1) is 14.5. The Balaban J connectivity index is 2.16. The number of hydrogen-bond donors (Lipinski definition) is 1. The predicted molar refractivity (Wildman–Crippen MR) is 71.0 cm³/mol. The molecule has 2 rings (SSSR count). The molecule has 0 amide bonds. The number of halogens is 3. The highest BCUT2D eigenvalue weighted by Crippen LogP contribution is 2.26. The van der Waals surface area contributed by atoms with Crippen molar-refractivity contribution in [3.05, 3.63) is 36.4 Å². The number of methoxy groups -OCH3 is 1. The molecule has 0 radical (unpaired) electrons. The SMILES string of the molecule is COCCOc1ccc2cc(NC(F)(F)F)ccc2c1. The van der Waals surface area contributed by atoms with E-state index in [1.165, 1.54) is 17.4 Å². The maximum atomic E-state index is 12.2. The Kier molecular flexibility index (Phi) is 4.34. The van der Waals surface area contributed by atoms with Gasteiger partial charge in [-0.25, -0.2) is 0 Å². The summed E-state index contributed by atoms with van der Waals surface area (Å²) in [5, 5.41) is 3.00. The first-order valence-electron chi connectivity index (χ1n) is 5.98. The third kappa shape index (κ3) is 4.03. The molecule has 3 nitrogen and oxygen atoms in total. The van der Waals surface area contributed by atoms with Gasteiger partial charge in [-0.05, 0) is 35.0 Å². The van der Waals surface area contributed by atoms with Gasteiger partial charge < -0.3 is 9.47 Å². The molecular weight excluding hydrogens is 271 g/mol. The molecule has 6 heteroatoms. The summed E-state index contributed by atoms with van der Waals surface area (Å²) < 4.78 is 47.0. The average Bonchev–Trinajstić information content (AvgIpc) is 2.37. The lowest BCUT2D eigenvalue weighted by Crippen LogP contribution is -2.20. The molecule has 0 aliphatic rings. The van der Waals surface area contributed by atoms with Crippen LogP contribution in [0.5, 0.6) is 5.75 Å². The van der Waals surface area contributed by atoms with E-state index in [2.05, 4.69) is 0 Å². The molecule has 0 atom stereocenters. The molecule has 2 aromatic carbocycles. The Hall–Kier alpha value is -1.95. The molecule has 1 N–H and O–H groups in total. The van der Waals surface area contributed by atoms with Gasteiger partial charge in [-0.15, -0.1) is 0 Å². The van der Waals surface area contributed by atoms with Gasteiger partial charge >= 0.3 is 6.30 Å². The van der Waals surface area contributed by atoms with E-state index >= 15 is 0 Å². The summed E-state index contributed by atoms with van der Waals surface area (Å²) in [5.74, 6) is 0.658. The van der Waals surface area contributed by atoms with E-state index in [1.54, 1.807) is 31.4 Å². The molecule has 0 aliphatic heterocycles. The smallest absolute Gasteiger partial charge is 0.482 e. The molecule has 0 saturated heterocycles. The maximum absolute atomic E-state index is 12.2. The van der Waals surface area contributed by atoms with E-state index in [-0.39, 0.29) is 5.69 Å². The number of ether oxygens (including phenoxy) is 2. The minimum atomic E-state index is -4.43. The third-order valence-electron chi connectivity index (χ3n) is 2.65. The van der Waals surface area contributed by atoms with Crippen molar-refractivity contribution in [3.8, 4) is 5.75 Å². The molecular formula is C14H14F3NO2. The highest BCUT2D eigenvalue weighted by Gasteiger charge is 2.26. The second kappa shape index (κ2) is 6.00. The summed E-state index contributed by atoms with van der Waals surface area (Å²) in [4.78, 5) is 0. The lowest BCUT2D eigenvalue weighted by atomic mass is 10.1. The first-order valence-corrected chi connectivity index (χ1v) is 5.98. The van der Waals surface area contributed by atoms with Crippen LogP contribution < -0.4 is 10.1 Å². The first-order chi connectivity index (χ1) is 9.48. The topological polar surface area (TPSA) is 30.5 Å². The van der Waals surface area contributed by atoms with Gasteiger partial charge in [0.15, 0.2) is 0 Å². The number of alkyl halides is 3. The standard InChI is InChI=1S/C14H14F3NO2/c1-19-6-7-20-13-5-3-10-8-12(18-14(15,16)17)4-2-11(10)9-13/h2-5,8-9,18H,6-7H2,1H3. The van der Waals surface area contributed by atoms with Gasteiger partial charge in [0.05, 0.1) is 6.61 Å². The number of fused-ring (bicyclic) bond motifs is 1. The van der Waals surface area contributed by atoms with Crippen LogP contribution in [0.1, 0.15) is 0 Å². The van der Waals surface area contributed by atoms with Crippen LogP contribution in [0.3, 0.4) is 0 Å². The number of rotatable bonds is 5. The Bertz CT molecular complexity index is 584. The summed E-state index contributed by atoms with van der Waals surface area (Å²) >= 11 is 0. The maximum Gasteiger partial charge on any atom is 0.482 e. The fourth-order valence-electron chi connectivity index (χ4n) is 1.80. The Morgan fingerprint density at radius 1 is 1.00 bits per heavy atom. The van der Waals surface area contributed by atoms with E-state index in [0.717, 1.165) is 5.39 Å². The molecule has 0 bridgehead atoms. The van der Waals surface area contributed by atoms with Crippen LogP contribution in [0.15, 0.2) is 36.4 Å². The summed E-state index contributed by atoms with van der Waals surface area (Å²) in [6.45, 7) is 0.905. The number of benzene rings is 2. The van der Waals surface area contributed by atoms with Crippen LogP contribution in [0.2, 0.25) is 0 Å². The van der Waals surface area contributed by atoms with Crippen LogP contribution in [0.25, 0.3) is 10.8 Å². The summed E-state index contributed by atoms with van der Waals surface area (Å²) in [5.41, 5.74) is 0.0121. The molecule has 0 spiro atoms. The lowest BCUT2D eigenvalue weighted by Gasteiger charge is -2.11. The highest BCUT2D eigenvalue weighted by atomic mass is 19.4. The van der Waals surface area contributed by atoms with E-state index in [1.807, 2.05) is 0 Å². The van der Waals surface area contributed by atoms with Crippen LogP contribution in [-0.2, 0) is 4.74 Å². The van der Waals surface area contributed by atoms with Gasteiger partial charge in [-0.2, -0.15) is 13.2 Å². The van der Waals surface area contributed by atoms with Gasteiger partial charge in [0.25, 0.3) is 0 Å². The quantitative estimate of drug-likeness (QED) is 0.669. The molecule has 0 fully saturated rings. The van der Waals surface area contributed by atoms with Crippen molar-refractivity contribution in [3.63, 3.8) is 0 Å². The zero-order valence-electron chi connectivity index (χ0n) is 10.8. The normalized spacial score (nSPS) is 11.6. The van der Waals surface area contributed by atoms with Gasteiger partial charge in [-0.1, -0.05) is 12.1 Å². The summed E-state index contributed by atoms with van der Waals surface area (Å²) in [6.07, 6.45) is -4.43. The van der Waals surface area contributed by atoms with Gasteiger partial charge in [0.2, 0.25) is 0 Å². The monoisotopic (exact) mass is 285 g/mol. The van der Waals surface area contributed by atoms with Crippen LogP contribution in [0, 0.1) is 0 Å². The molecule has 0 saturated carbocycles. The molecule has 0 aliphatic carbocycles. The summed E-state index contributed by atoms with van der Waals surface area (Å²) in [6, 6.07) is 9.67. The van der Waals surface area contributed by atoms with Crippen molar-refractivity contribution in [2.45, 2.75) is 6.30 Å². The van der Waals surface area contributed by atoms with Crippen molar-refractivity contribution in [2.75, 3.05) is 25.6 Å². The van der Waals surface area contributed by atoms with E-state index in [9.17, 15) is 13.2 Å². The van der Waals surface area contributed by atoms with Crippen LogP contribution in [-0.4, -0.2) is 26.6 Å². The second-order valence-corrected chi connectivity index (χ2v) is 4.19. The van der Waals surface area contributed by atoms with Crippen molar-refractivity contribution in [1.82, 2.24) is 0 Å². The van der Waals surface area contributed by atoms with Crippen molar-refractivity contribution in [1.29, 1.82) is 0 Å². The van der Waals surface area contributed by atoms with Crippen molar-refractivity contribution in [2.24, 2.45) is 0 Å². The zero-order chi connectivity index (χ0) is 14.6. The van der Waals surface area contributed by atoms with E-state index < -0.39 is 6.30 Å². The minimum Gasteiger partial charge on any atom is -0.491 e. The molecule has 20 heavy (non-hydrogen) atoms.